The second-order valence-corrected chi connectivity index (χ2v) is 7.10. The van der Waals surface area contributed by atoms with E-state index in [9.17, 15) is 8.42 Å². The van der Waals surface area contributed by atoms with Crippen LogP contribution in [-0.4, -0.2) is 37.5 Å². The average Bonchev–Trinajstić information content (AvgIpc) is 2.83. The lowest BCUT2D eigenvalue weighted by Gasteiger charge is -2.30. The molecule has 6 heteroatoms. The molecule has 0 saturated carbocycles. The topological polar surface area (TPSA) is 57.6 Å². The molecule has 1 aliphatic heterocycles. The van der Waals surface area contributed by atoms with E-state index in [0.29, 0.717) is 17.3 Å². The highest BCUT2D eigenvalue weighted by molar-refractivity contribution is 7.91. The average molecular weight is 261 g/mol. The van der Waals surface area contributed by atoms with Crippen LogP contribution in [0.2, 0.25) is 0 Å². The van der Waals surface area contributed by atoms with E-state index >= 15 is 0 Å². The van der Waals surface area contributed by atoms with Crippen molar-refractivity contribution in [3.05, 3.63) is 17.5 Å². The fourth-order valence-electron chi connectivity index (χ4n) is 1.93. The number of nitrogens with zero attached hydrogens (tertiary/aromatic N) is 1. The third-order valence-electron chi connectivity index (χ3n) is 2.83. The van der Waals surface area contributed by atoms with Gasteiger partial charge in [-0.1, -0.05) is 6.07 Å². The van der Waals surface area contributed by atoms with Crippen LogP contribution >= 0.6 is 11.3 Å². The molecule has 1 N–H and O–H groups in total. The molecule has 16 heavy (non-hydrogen) atoms. The fourth-order valence-corrected chi connectivity index (χ4v) is 4.63. The van der Waals surface area contributed by atoms with E-state index < -0.39 is 10.0 Å². The molecule has 1 aliphatic rings. The van der Waals surface area contributed by atoms with Gasteiger partial charge in [0, 0.05) is 19.7 Å². The minimum absolute atomic E-state index is 0.0659. The zero-order valence-electron chi connectivity index (χ0n) is 8.87. The maximum atomic E-state index is 12.2. The molecular weight excluding hydrogens is 246 g/mol. The standard InChI is InChI=1S/C10H15NO3S2/c12-8-9-3-1-5-11(7-9)16(13,14)10-4-2-6-15-10/h2,4,6,9,12H,1,3,5,7-8H2/t9-/m1/s1. The van der Waals surface area contributed by atoms with Gasteiger partial charge in [-0.2, -0.15) is 4.31 Å². The lowest BCUT2D eigenvalue weighted by atomic mass is 10.0. The first kappa shape index (κ1) is 12.0. The third-order valence-corrected chi connectivity index (χ3v) is 6.07. The molecule has 4 nitrogen and oxygen atoms in total. The Morgan fingerprint density at radius 1 is 1.56 bits per heavy atom. The molecule has 1 aromatic rings. The van der Waals surface area contributed by atoms with Crippen LogP contribution in [0.4, 0.5) is 0 Å². The Morgan fingerprint density at radius 3 is 3.00 bits per heavy atom. The van der Waals surface area contributed by atoms with Crippen LogP contribution < -0.4 is 0 Å². The molecule has 0 amide bonds. The highest BCUT2D eigenvalue weighted by Crippen LogP contribution is 2.25. The summed E-state index contributed by atoms with van der Waals surface area (Å²) >= 11 is 1.24. The van der Waals surface area contributed by atoms with Crippen molar-refractivity contribution >= 4 is 21.4 Å². The summed E-state index contributed by atoms with van der Waals surface area (Å²) in [6.45, 7) is 1.07. The molecule has 2 rings (SSSR count). The predicted octanol–water partition coefficient (Wildman–Crippen LogP) is 1.14. The number of piperidine rings is 1. The summed E-state index contributed by atoms with van der Waals surface area (Å²) in [7, 11) is -3.32. The van der Waals surface area contributed by atoms with Crippen LogP contribution in [0.25, 0.3) is 0 Å². The normalized spacial score (nSPS) is 23.4. The first-order chi connectivity index (χ1) is 7.64. The molecule has 1 fully saturated rings. The minimum Gasteiger partial charge on any atom is -0.396 e. The summed E-state index contributed by atoms with van der Waals surface area (Å²) in [6, 6.07) is 3.37. The minimum atomic E-state index is -3.32. The van der Waals surface area contributed by atoms with Crippen molar-refractivity contribution in [2.45, 2.75) is 17.1 Å². The summed E-state index contributed by atoms with van der Waals surface area (Å²) in [5.74, 6) is 0.0866. The maximum absolute atomic E-state index is 12.2. The Balaban J connectivity index is 2.18. The number of sulfonamides is 1. The molecule has 0 bridgehead atoms. The summed E-state index contributed by atoms with van der Waals surface area (Å²) in [6.07, 6.45) is 1.74. The molecule has 0 unspecified atom stereocenters. The Morgan fingerprint density at radius 2 is 2.38 bits per heavy atom. The van der Waals surface area contributed by atoms with Crippen LogP contribution in [0.5, 0.6) is 0 Å². The van der Waals surface area contributed by atoms with Crippen LogP contribution in [0.3, 0.4) is 0 Å². The van der Waals surface area contributed by atoms with Crippen molar-refractivity contribution in [2.24, 2.45) is 5.92 Å². The smallest absolute Gasteiger partial charge is 0.252 e. The van der Waals surface area contributed by atoms with Gasteiger partial charge in [-0.3, -0.25) is 0 Å². The first-order valence-corrected chi connectivity index (χ1v) is 7.61. The number of thiophene rings is 1. The maximum Gasteiger partial charge on any atom is 0.252 e. The summed E-state index contributed by atoms with van der Waals surface area (Å²) < 4.78 is 26.2. The molecule has 0 aromatic carbocycles. The molecule has 1 aromatic heterocycles. The van der Waals surface area contributed by atoms with Gasteiger partial charge in [0.05, 0.1) is 0 Å². The first-order valence-electron chi connectivity index (χ1n) is 5.29. The van der Waals surface area contributed by atoms with Crippen LogP contribution in [0, 0.1) is 5.92 Å². The largest absolute Gasteiger partial charge is 0.396 e. The number of hydrogen-bond acceptors (Lipinski definition) is 4. The Hall–Kier alpha value is -0.430. The van der Waals surface area contributed by atoms with E-state index in [0.717, 1.165) is 12.8 Å². The van der Waals surface area contributed by atoms with Crippen molar-refractivity contribution in [3.63, 3.8) is 0 Å². The molecule has 1 saturated heterocycles. The van der Waals surface area contributed by atoms with Crippen molar-refractivity contribution in [1.82, 2.24) is 4.31 Å². The van der Waals surface area contributed by atoms with Gasteiger partial charge in [-0.05, 0) is 30.2 Å². The van der Waals surface area contributed by atoms with Gasteiger partial charge in [0.2, 0.25) is 0 Å². The van der Waals surface area contributed by atoms with Gasteiger partial charge in [0.25, 0.3) is 10.0 Å². The molecule has 1 atom stereocenters. The molecule has 0 aliphatic carbocycles. The Kier molecular flexibility index (Phi) is 3.63. The highest BCUT2D eigenvalue weighted by atomic mass is 32.2. The second kappa shape index (κ2) is 4.83. The van der Waals surface area contributed by atoms with E-state index in [1.54, 1.807) is 17.5 Å². The highest BCUT2D eigenvalue weighted by Gasteiger charge is 2.30. The van der Waals surface area contributed by atoms with Crippen LogP contribution in [-0.2, 0) is 10.0 Å². The van der Waals surface area contributed by atoms with Gasteiger partial charge in [-0.25, -0.2) is 8.42 Å². The molecular formula is C10H15NO3S2. The zero-order valence-corrected chi connectivity index (χ0v) is 10.5. The Labute approximate surface area is 99.6 Å². The van der Waals surface area contributed by atoms with E-state index in [2.05, 4.69) is 0 Å². The van der Waals surface area contributed by atoms with Crippen LogP contribution in [0.15, 0.2) is 21.7 Å². The molecule has 90 valence electrons. The number of aliphatic hydroxyl groups is 1. The van der Waals surface area contributed by atoms with Gasteiger partial charge >= 0.3 is 0 Å². The van der Waals surface area contributed by atoms with E-state index in [1.165, 1.54) is 15.6 Å². The number of aliphatic hydroxyl groups excluding tert-OH is 1. The van der Waals surface area contributed by atoms with Crippen molar-refractivity contribution < 1.29 is 13.5 Å². The molecule has 0 spiro atoms. The zero-order chi connectivity index (χ0) is 11.6. The van der Waals surface area contributed by atoms with E-state index in [1.807, 2.05) is 0 Å². The van der Waals surface area contributed by atoms with Gasteiger partial charge in [0.1, 0.15) is 4.21 Å². The van der Waals surface area contributed by atoms with Gasteiger partial charge < -0.3 is 5.11 Å². The lowest BCUT2D eigenvalue weighted by molar-refractivity contribution is 0.165. The van der Waals surface area contributed by atoms with Crippen LogP contribution in [0.1, 0.15) is 12.8 Å². The number of hydrogen-bond donors (Lipinski definition) is 1. The fraction of sp³-hybridized carbons (Fsp3) is 0.600. The summed E-state index contributed by atoms with van der Waals surface area (Å²) in [5, 5.41) is 10.9. The van der Waals surface area contributed by atoms with Crippen molar-refractivity contribution in [3.8, 4) is 0 Å². The van der Waals surface area contributed by atoms with Crippen molar-refractivity contribution in [2.75, 3.05) is 19.7 Å². The lowest BCUT2D eigenvalue weighted by Crippen LogP contribution is -2.40. The quantitative estimate of drug-likeness (QED) is 0.887. The van der Waals surface area contributed by atoms with Gasteiger partial charge in [0.15, 0.2) is 0 Å². The van der Waals surface area contributed by atoms with Crippen molar-refractivity contribution in [1.29, 1.82) is 0 Å². The second-order valence-electron chi connectivity index (χ2n) is 3.99. The molecule has 2 heterocycles. The summed E-state index contributed by atoms with van der Waals surface area (Å²) in [4.78, 5) is 0. The van der Waals surface area contributed by atoms with Gasteiger partial charge in [-0.15, -0.1) is 11.3 Å². The SMILES string of the molecule is O=S(=O)(c1cccs1)N1CCC[C@@H](CO)C1. The monoisotopic (exact) mass is 261 g/mol. The Bertz CT molecular complexity index is 427. The molecule has 0 radical (unpaired) electrons. The third kappa shape index (κ3) is 2.29. The van der Waals surface area contributed by atoms with E-state index in [4.69, 9.17) is 5.11 Å². The predicted molar refractivity (Wildman–Crippen MR) is 62.9 cm³/mol. The summed E-state index contributed by atoms with van der Waals surface area (Å²) in [5.41, 5.74) is 0. The van der Waals surface area contributed by atoms with E-state index in [-0.39, 0.29) is 12.5 Å². The number of rotatable bonds is 3.